The van der Waals surface area contributed by atoms with E-state index in [1.807, 2.05) is 0 Å². The predicted molar refractivity (Wildman–Crippen MR) is 47.3 cm³/mol. The molecule has 2 aromatic heterocycles. The molecule has 0 spiro atoms. The average Bonchev–Trinajstić information content (AvgIpc) is 2.60. The molecule has 0 saturated carbocycles. The van der Waals surface area contributed by atoms with E-state index in [4.69, 9.17) is 0 Å². The van der Waals surface area contributed by atoms with Crippen molar-refractivity contribution >= 4 is 21.2 Å². The summed E-state index contributed by atoms with van der Waals surface area (Å²) in [5, 5.41) is 5.40. The summed E-state index contributed by atoms with van der Waals surface area (Å²) in [7, 11) is -5.75. The zero-order chi connectivity index (χ0) is 12.7. The van der Waals surface area contributed by atoms with E-state index in [0.29, 0.717) is 0 Å². The SMILES string of the molecule is O=S(=O)(Oc1n[nH]c2ncncc12)C(F)(F)F. The lowest BCUT2D eigenvalue weighted by Crippen LogP contribution is -2.28. The van der Waals surface area contributed by atoms with Crippen LogP contribution >= 0.6 is 0 Å². The van der Waals surface area contributed by atoms with Crippen molar-refractivity contribution in [3.8, 4) is 5.88 Å². The van der Waals surface area contributed by atoms with E-state index in [0.717, 1.165) is 12.5 Å². The van der Waals surface area contributed by atoms with E-state index in [1.165, 1.54) is 0 Å². The number of aromatic nitrogens is 4. The molecule has 17 heavy (non-hydrogen) atoms. The van der Waals surface area contributed by atoms with Crippen LogP contribution in [0.1, 0.15) is 0 Å². The lowest BCUT2D eigenvalue weighted by molar-refractivity contribution is -0.0500. The number of alkyl halides is 3. The fraction of sp³-hybridized carbons (Fsp3) is 0.167. The number of H-pyrrole nitrogens is 1. The second kappa shape index (κ2) is 3.55. The molecule has 92 valence electrons. The quantitative estimate of drug-likeness (QED) is 0.632. The highest BCUT2D eigenvalue weighted by atomic mass is 32.2. The van der Waals surface area contributed by atoms with Crippen LogP contribution in [0, 0.1) is 0 Å². The third kappa shape index (κ3) is 2.00. The summed E-state index contributed by atoms with van der Waals surface area (Å²) in [6.07, 6.45) is 2.19. The standard InChI is InChI=1S/C6H3F3N4O3S/c7-6(8,9)17(14,15)16-5-3-1-10-2-11-4(3)12-13-5/h1-2H,(H,10,11,12,13). The number of nitrogens with one attached hydrogen (secondary N) is 1. The Balaban J connectivity index is 2.44. The molecule has 0 amide bonds. The van der Waals surface area contributed by atoms with Gasteiger partial charge in [0.05, 0.1) is 0 Å². The van der Waals surface area contributed by atoms with Crippen LogP contribution in [-0.4, -0.2) is 34.1 Å². The topological polar surface area (TPSA) is 97.8 Å². The Hall–Kier alpha value is -1.91. The van der Waals surface area contributed by atoms with Crippen LogP contribution < -0.4 is 4.18 Å². The Labute approximate surface area is 91.8 Å². The number of aromatic amines is 1. The summed E-state index contributed by atoms with van der Waals surface area (Å²) in [6.45, 7) is 0. The van der Waals surface area contributed by atoms with Crippen LogP contribution in [-0.2, 0) is 10.1 Å². The molecule has 0 radical (unpaired) electrons. The maximum Gasteiger partial charge on any atom is 0.534 e. The summed E-state index contributed by atoms with van der Waals surface area (Å²) < 4.78 is 61.4. The van der Waals surface area contributed by atoms with Crippen molar-refractivity contribution in [1.29, 1.82) is 0 Å². The Bertz CT molecular complexity index is 650. The molecule has 1 N–H and O–H groups in total. The van der Waals surface area contributed by atoms with Gasteiger partial charge in [-0.1, -0.05) is 0 Å². The molecule has 0 aromatic carbocycles. The number of rotatable bonds is 2. The van der Waals surface area contributed by atoms with Gasteiger partial charge in [0.15, 0.2) is 5.65 Å². The van der Waals surface area contributed by atoms with Gasteiger partial charge in [-0.15, -0.1) is 5.10 Å². The highest BCUT2D eigenvalue weighted by Gasteiger charge is 2.49. The molecule has 0 bridgehead atoms. The predicted octanol–water partition coefficient (Wildman–Crippen LogP) is 0.581. The molecule has 0 aliphatic heterocycles. The van der Waals surface area contributed by atoms with Gasteiger partial charge in [-0.05, 0) is 0 Å². The van der Waals surface area contributed by atoms with E-state index < -0.39 is 21.5 Å². The van der Waals surface area contributed by atoms with Gasteiger partial charge in [-0.3, -0.25) is 5.10 Å². The van der Waals surface area contributed by atoms with Crippen molar-refractivity contribution in [1.82, 2.24) is 20.2 Å². The molecule has 2 aromatic rings. The van der Waals surface area contributed by atoms with Gasteiger partial charge in [0.1, 0.15) is 11.7 Å². The molecule has 2 heterocycles. The fourth-order valence-corrected chi connectivity index (χ4v) is 1.38. The van der Waals surface area contributed by atoms with Crippen LogP contribution in [0.15, 0.2) is 12.5 Å². The second-order valence-corrected chi connectivity index (χ2v) is 4.33. The number of hydrogen-bond donors (Lipinski definition) is 1. The average molecular weight is 268 g/mol. The third-order valence-corrected chi connectivity index (χ3v) is 2.62. The molecule has 0 fully saturated rings. The highest BCUT2D eigenvalue weighted by molar-refractivity contribution is 7.88. The lowest BCUT2D eigenvalue weighted by Gasteiger charge is -2.06. The van der Waals surface area contributed by atoms with Crippen LogP contribution in [0.2, 0.25) is 0 Å². The minimum Gasteiger partial charge on any atom is -0.353 e. The van der Waals surface area contributed by atoms with Gasteiger partial charge in [-0.25, -0.2) is 9.97 Å². The van der Waals surface area contributed by atoms with E-state index in [-0.39, 0.29) is 11.0 Å². The molecular formula is C6H3F3N4O3S. The summed E-state index contributed by atoms with van der Waals surface area (Å²) >= 11 is 0. The first-order chi connectivity index (χ1) is 7.81. The normalized spacial score (nSPS) is 12.9. The lowest BCUT2D eigenvalue weighted by atomic mass is 10.4. The Morgan fingerprint density at radius 2 is 2.06 bits per heavy atom. The first-order valence-electron chi connectivity index (χ1n) is 3.96. The largest absolute Gasteiger partial charge is 0.534 e. The summed E-state index contributed by atoms with van der Waals surface area (Å²) in [6, 6.07) is 0. The molecule has 11 heteroatoms. The summed E-state index contributed by atoms with van der Waals surface area (Å²) in [5.74, 6) is -0.752. The van der Waals surface area contributed by atoms with Gasteiger partial charge in [0.25, 0.3) is 5.88 Å². The number of nitrogens with zero attached hydrogens (tertiary/aromatic N) is 3. The van der Waals surface area contributed by atoms with Crippen LogP contribution in [0.3, 0.4) is 0 Å². The molecule has 0 aliphatic carbocycles. The highest BCUT2D eigenvalue weighted by Crippen LogP contribution is 2.28. The van der Waals surface area contributed by atoms with E-state index in [2.05, 4.69) is 24.3 Å². The maximum atomic E-state index is 12.0. The first kappa shape index (κ1) is 11.6. The zero-order valence-electron chi connectivity index (χ0n) is 7.76. The Morgan fingerprint density at radius 3 is 2.71 bits per heavy atom. The van der Waals surface area contributed by atoms with Crippen molar-refractivity contribution in [3.63, 3.8) is 0 Å². The fourth-order valence-electron chi connectivity index (χ4n) is 0.954. The van der Waals surface area contributed by atoms with Gasteiger partial charge >= 0.3 is 15.6 Å². The third-order valence-electron chi connectivity index (χ3n) is 1.68. The van der Waals surface area contributed by atoms with Crippen molar-refractivity contribution in [2.75, 3.05) is 0 Å². The zero-order valence-corrected chi connectivity index (χ0v) is 8.58. The minimum atomic E-state index is -5.75. The van der Waals surface area contributed by atoms with Gasteiger partial charge in [0, 0.05) is 6.20 Å². The molecule has 7 nitrogen and oxygen atoms in total. The van der Waals surface area contributed by atoms with Crippen LogP contribution in [0.25, 0.3) is 11.0 Å². The molecular weight excluding hydrogens is 265 g/mol. The number of hydrogen-bond acceptors (Lipinski definition) is 6. The van der Waals surface area contributed by atoms with Gasteiger partial charge in [0.2, 0.25) is 0 Å². The first-order valence-corrected chi connectivity index (χ1v) is 5.37. The number of fused-ring (bicyclic) bond motifs is 1. The molecule has 0 saturated heterocycles. The Kier molecular flexibility index (Phi) is 2.41. The summed E-state index contributed by atoms with van der Waals surface area (Å²) in [4.78, 5) is 7.12. The van der Waals surface area contributed by atoms with Crippen molar-refractivity contribution in [3.05, 3.63) is 12.5 Å². The van der Waals surface area contributed by atoms with E-state index in [1.54, 1.807) is 0 Å². The van der Waals surface area contributed by atoms with Crippen LogP contribution in [0.5, 0.6) is 5.88 Å². The molecule has 2 rings (SSSR count). The van der Waals surface area contributed by atoms with Crippen molar-refractivity contribution < 1.29 is 25.8 Å². The van der Waals surface area contributed by atoms with Gasteiger partial charge in [-0.2, -0.15) is 21.6 Å². The second-order valence-electron chi connectivity index (χ2n) is 2.80. The molecule has 0 unspecified atom stereocenters. The molecule has 0 aliphatic rings. The van der Waals surface area contributed by atoms with Crippen molar-refractivity contribution in [2.45, 2.75) is 5.51 Å². The smallest absolute Gasteiger partial charge is 0.353 e. The molecule has 0 atom stereocenters. The van der Waals surface area contributed by atoms with Crippen molar-refractivity contribution in [2.24, 2.45) is 0 Å². The van der Waals surface area contributed by atoms with E-state index >= 15 is 0 Å². The van der Waals surface area contributed by atoms with E-state index in [9.17, 15) is 21.6 Å². The maximum absolute atomic E-state index is 12.0. The monoisotopic (exact) mass is 268 g/mol. The van der Waals surface area contributed by atoms with Crippen LogP contribution in [0.4, 0.5) is 13.2 Å². The number of halogens is 3. The Morgan fingerprint density at radius 1 is 1.35 bits per heavy atom. The minimum absolute atomic E-state index is 0.0624. The van der Waals surface area contributed by atoms with Gasteiger partial charge < -0.3 is 4.18 Å². The summed E-state index contributed by atoms with van der Waals surface area (Å²) in [5.41, 5.74) is -5.46.